The molecule has 0 saturated carbocycles. The van der Waals surface area contributed by atoms with E-state index in [1.165, 1.54) is 0 Å². The molecule has 2 rings (SSSR count). The molecule has 3 nitrogen and oxygen atoms in total. The molecule has 1 N–H and O–H groups in total. The Morgan fingerprint density at radius 2 is 1.64 bits per heavy atom. The van der Waals surface area contributed by atoms with Gasteiger partial charge in [0.2, 0.25) is 5.91 Å². The van der Waals surface area contributed by atoms with Crippen LogP contribution in [0.15, 0.2) is 54.6 Å². The minimum atomic E-state index is -0.133. The van der Waals surface area contributed by atoms with Crippen molar-refractivity contribution in [2.45, 2.75) is 25.8 Å². The normalized spacial score (nSPS) is 11.7. The smallest absolute Gasteiger partial charge is 0.220 e. The van der Waals surface area contributed by atoms with E-state index in [1.807, 2.05) is 37.3 Å². The number of nitrogens with one attached hydrogen (secondary N) is 1. The average Bonchev–Trinajstić information content (AvgIpc) is 2.54. The standard InChI is InChI=1S/C18H18ClNO2/c1-13(14-7-9-16(19)10-8-14)20-18(22)12-11-17(21)15-5-3-2-4-6-15/h2-10,13H,11-12H2,1H3,(H,20,22). The highest BCUT2D eigenvalue weighted by molar-refractivity contribution is 6.30. The minimum absolute atomic E-state index is 0.0186. The van der Waals surface area contributed by atoms with Gasteiger partial charge in [-0.3, -0.25) is 9.59 Å². The summed E-state index contributed by atoms with van der Waals surface area (Å²) >= 11 is 5.84. The van der Waals surface area contributed by atoms with Gasteiger partial charge >= 0.3 is 0 Å². The van der Waals surface area contributed by atoms with E-state index in [-0.39, 0.29) is 30.6 Å². The Morgan fingerprint density at radius 3 is 2.27 bits per heavy atom. The van der Waals surface area contributed by atoms with E-state index in [9.17, 15) is 9.59 Å². The molecule has 0 spiro atoms. The van der Waals surface area contributed by atoms with Crippen LogP contribution in [0.1, 0.15) is 41.7 Å². The number of carbonyl (C=O) groups is 2. The van der Waals surface area contributed by atoms with Crippen LogP contribution in [0.4, 0.5) is 0 Å². The van der Waals surface area contributed by atoms with Crippen LogP contribution in [0.25, 0.3) is 0 Å². The SMILES string of the molecule is CC(NC(=O)CCC(=O)c1ccccc1)c1ccc(Cl)cc1. The molecule has 22 heavy (non-hydrogen) atoms. The summed E-state index contributed by atoms with van der Waals surface area (Å²) in [5.74, 6) is -0.151. The fourth-order valence-corrected chi connectivity index (χ4v) is 2.27. The Labute approximate surface area is 135 Å². The lowest BCUT2D eigenvalue weighted by atomic mass is 10.1. The molecule has 0 fully saturated rings. The number of hydrogen-bond donors (Lipinski definition) is 1. The van der Waals surface area contributed by atoms with Crippen LogP contribution in [0, 0.1) is 0 Å². The number of halogens is 1. The van der Waals surface area contributed by atoms with Crippen molar-refractivity contribution in [2.75, 3.05) is 0 Å². The largest absolute Gasteiger partial charge is 0.350 e. The molecule has 1 amide bonds. The molecule has 0 aromatic heterocycles. The first-order chi connectivity index (χ1) is 10.6. The number of ketones is 1. The van der Waals surface area contributed by atoms with Crippen LogP contribution >= 0.6 is 11.6 Å². The molecular formula is C18H18ClNO2. The van der Waals surface area contributed by atoms with Gasteiger partial charge in [-0.25, -0.2) is 0 Å². The highest BCUT2D eigenvalue weighted by Gasteiger charge is 2.12. The summed E-state index contributed by atoms with van der Waals surface area (Å²) in [6, 6.07) is 16.2. The molecule has 0 aliphatic rings. The average molecular weight is 316 g/mol. The van der Waals surface area contributed by atoms with E-state index in [4.69, 9.17) is 11.6 Å². The first-order valence-corrected chi connectivity index (χ1v) is 7.57. The topological polar surface area (TPSA) is 46.2 Å². The van der Waals surface area contributed by atoms with Crippen LogP contribution in [0.5, 0.6) is 0 Å². The maximum Gasteiger partial charge on any atom is 0.220 e. The second-order valence-corrected chi connectivity index (χ2v) is 5.57. The Morgan fingerprint density at radius 1 is 1.00 bits per heavy atom. The fraction of sp³-hybridized carbons (Fsp3) is 0.222. The van der Waals surface area contributed by atoms with E-state index in [2.05, 4.69) is 5.32 Å². The molecular weight excluding hydrogens is 298 g/mol. The summed E-state index contributed by atoms with van der Waals surface area (Å²) in [5, 5.41) is 3.55. The molecule has 0 aliphatic carbocycles. The van der Waals surface area contributed by atoms with Crippen LogP contribution < -0.4 is 5.32 Å². The molecule has 0 bridgehead atoms. The lowest BCUT2D eigenvalue weighted by molar-refractivity contribution is -0.121. The first kappa shape index (κ1) is 16.2. The minimum Gasteiger partial charge on any atom is -0.350 e. The van der Waals surface area contributed by atoms with Gasteiger partial charge in [-0.05, 0) is 24.6 Å². The predicted octanol–water partition coefficient (Wildman–Crippen LogP) is 4.18. The summed E-state index contributed by atoms with van der Waals surface area (Å²) in [4.78, 5) is 23.9. The highest BCUT2D eigenvalue weighted by Crippen LogP contribution is 2.16. The highest BCUT2D eigenvalue weighted by atomic mass is 35.5. The van der Waals surface area contributed by atoms with Gasteiger partial charge in [-0.15, -0.1) is 0 Å². The molecule has 0 heterocycles. The Balaban J connectivity index is 1.83. The summed E-state index contributed by atoms with van der Waals surface area (Å²) in [7, 11) is 0. The third-order valence-electron chi connectivity index (χ3n) is 3.42. The molecule has 0 aliphatic heterocycles. The van der Waals surface area contributed by atoms with Crippen molar-refractivity contribution in [3.8, 4) is 0 Å². The molecule has 4 heteroatoms. The first-order valence-electron chi connectivity index (χ1n) is 7.19. The van der Waals surface area contributed by atoms with Gasteiger partial charge in [0.1, 0.15) is 0 Å². The summed E-state index contributed by atoms with van der Waals surface area (Å²) < 4.78 is 0. The van der Waals surface area contributed by atoms with Crippen LogP contribution in [0.2, 0.25) is 5.02 Å². The van der Waals surface area contributed by atoms with Crippen LogP contribution in [-0.4, -0.2) is 11.7 Å². The van der Waals surface area contributed by atoms with Gasteiger partial charge in [-0.1, -0.05) is 54.1 Å². The van der Waals surface area contributed by atoms with E-state index in [0.29, 0.717) is 10.6 Å². The Hall–Kier alpha value is -2.13. The van der Waals surface area contributed by atoms with Crippen molar-refractivity contribution in [3.63, 3.8) is 0 Å². The molecule has 0 radical (unpaired) electrons. The van der Waals surface area contributed by atoms with E-state index in [0.717, 1.165) is 5.56 Å². The van der Waals surface area contributed by atoms with Gasteiger partial charge in [-0.2, -0.15) is 0 Å². The van der Waals surface area contributed by atoms with E-state index >= 15 is 0 Å². The summed E-state index contributed by atoms with van der Waals surface area (Å²) in [6.07, 6.45) is 0.398. The van der Waals surface area contributed by atoms with Crippen molar-refractivity contribution in [1.82, 2.24) is 5.32 Å². The third-order valence-corrected chi connectivity index (χ3v) is 3.67. The van der Waals surface area contributed by atoms with Crippen LogP contribution in [0.3, 0.4) is 0 Å². The number of hydrogen-bond acceptors (Lipinski definition) is 2. The Bertz CT molecular complexity index is 638. The monoisotopic (exact) mass is 315 g/mol. The summed E-state index contributed by atoms with van der Waals surface area (Å²) in [6.45, 7) is 1.90. The van der Waals surface area contributed by atoms with Gasteiger partial charge in [0.15, 0.2) is 5.78 Å². The quantitative estimate of drug-likeness (QED) is 0.813. The zero-order valence-corrected chi connectivity index (χ0v) is 13.1. The van der Waals surface area contributed by atoms with Crippen molar-refractivity contribution >= 4 is 23.3 Å². The lowest BCUT2D eigenvalue weighted by Crippen LogP contribution is -2.26. The molecule has 114 valence electrons. The predicted molar refractivity (Wildman–Crippen MR) is 88.0 cm³/mol. The maximum atomic E-state index is 11.9. The Kier molecular flexibility index (Phi) is 5.73. The molecule has 1 atom stereocenters. The number of amides is 1. The maximum absolute atomic E-state index is 11.9. The zero-order chi connectivity index (χ0) is 15.9. The lowest BCUT2D eigenvalue weighted by Gasteiger charge is -2.14. The number of carbonyl (C=O) groups excluding carboxylic acids is 2. The fourth-order valence-electron chi connectivity index (χ4n) is 2.14. The summed E-state index contributed by atoms with van der Waals surface area (Å²) in [5.41, 5.74) is 1.62. The third kappa shape index (κ3) is 4.71. The molecule has 1 unspecified atom stereocenters. The number of benzene rings is 2. The molecule has 0 saturated heterocycles. The second-order valence-electron chi connectivity index (χ2n) is 5.13. The van der Waals surface area contributed by atoms with Gasteiger partial charge < -0.3 is 5.32 Å². The zero-order valence-electron chi connectivity index (χ0n) is 12.4. The van der Waals surface area contributed by atoms with Gasteiger partial charge in [0.25, 0.3) is 0 Å². The van der Waals surface area contributed by atoms with Crippen molar-refractivity contribution in [2.24, 2.45) is 0 Å². The van der Waals surface area contributed by atoms with Crippen molar-refractivity contribution in [1.29, 1.82) is 0 Å². The van der Waals surface area contributed by atoms with Crippen molar-refractivity contribution in [3.05, 3.63) is 70.7 Å². The number of rotatable bonds is 6. The van der Waals surface area contributed by atoms with Crippen LogP contribution in [-0.2, 0) is 4.79 Å². The van der Waals surface area contributed by atoms with E-state index in [1.54, 1.807) is 24.3 Å². The number of Topliss-reactive ketones (excluding diaryl/α,β-unsaturated/α-hetero) is 1. The van der Waals surface area contributed by atoms with Gasteiger partial charge in [0.05, 0.1) is 6.04 Å². The molecule has 2 aromatic rings. The van der Waals surface area contributed by atoms with E-state index < -0.39 is 0 Å². The molecule has 2 aromatic carbocycles. The van der Waals surface area contributed by atoms with Gasteiger partial charge in [0, 0.05) is 23.4 Å². The van der Waals surface area contributed by atoms with Crippen molar-refractivity contribution < 1.29 is 9.59 Å². The second kappa shape index (κ2) is 7.76.